The highest BCUT2D eigenvalue weighted by atomic mass is 32.2. The second-order valence-electron chi connectivity index (χ2n) is 6.54. The van der Waals surface area contributed by atoms with Gasteiger partial charge in [0.05, 0.1) is 5.60 Å². The van der Waals surface area contributed by atoms with E-state index in [1.807, 2.05) is 30.8 Å². The van der Waals surface area contributed by atoms with E-state index in [0.717, 1.165) is 42.9 Å². The predicted octanol–water partition coefficient (Wildman–Crippen LogP) is 3.31. The molecule has 0 saturated carbocycles. The number of thioether (sulfide) groups is 1. The first-order chi connectivity index (χ1) is 11.6. The fraction of sp³-hybridized carbons (Fsp3) is 0.529. The minimum atomic E-state index is -0.182. The number of rotatable bonds is 2. The lowest BCUT2D eigenvalue weighted by molar-refractivity contribution is -0.0682. The molecule has 2 N–H and O–H groups in total. The first-order valence-electron chi connectivity index (χ1n) is 8.28. The van der Waals surface area contributed by atoms with Gasteiger partial charge in [-0.05, 0) is 37.1 Å². The van der Waals surface area contributed by atoms with Crippen LogP contribution >= 0.6 is 11.8 Å². The van der Waals surface area contributed by atoms with Crippen molar-refractivity contribution in [3.8, 4) is 0 Å². The van der Waals surface area contributed by atoms with Crippen molar-refractivity contribution in [2.75, 3.05) is 23.4 Å². The molecule has 2 aliphatic rings. The molecule has 128 valence electrons. The summed E-state index contributed by atoms with van der Waals surface area (Å²) in [4.78, 5) is 16.6. The molecule has 3 heterocycles. The van der Waals surface area contributed by atoms with Crippen LogP contribution in [0.4, 0.5) is 10.5 Å². The maximum absolute atomic E-state index is 12.3. The third-order valence-corrected chi connectivity index (χ3v) is 5.87. The van der Waals surface area contributed by atoms with Crippen LogP contribution in [0.3, 0.4) is 0 Å². The summed E-state index contributed by atoms with van der Waals surface area (Å²) >= 11 is 1.94. The van der Waals surface area contributed by atoms with Crippen molar-refractivity contribution in [3.05, 3.63) is 24.1 Å². The maximum Gasteiger partial charge on any atom is 0.319 e. The Morgan fingerprint density at radius 3 is 3.21 bits per heavy atom. The molecule has 4 rings (SSSR count). The lowest BCUT2D eigenvalue weighted by atomic mass is 9.90. The van der Waals surface area contributed by atoms with E-state index in [-0.39, 0.29) is 17.7 Å². The van der Waals surface area contributed by atoms with Gasteiger partial charge in [0.25, 0.3) is 0 Å². The molecular formula is C17H21N3O3S. The van der Waals surface area contributed by atoms with Crippen molar-refractivity contribution in [2.24, 2.45) is 0 Å². The molecule has 2 atom stereocenters. The van der Waals surface area contributed by atoms with E-state index in [2.05, 4.69) is 15.6 Å². The van der Waals surface area contributed by atoms with Gasteiger partial charge in [0, 0.05) is 37.1 Å². The average Bonchev–Trinajstić information content (AvgIpc) is 3.12. The highest BCUT2D eigenvalue weighted by molar-refractivity contribution is 7.99. The Morgan fingerprint density at radius 1 is 1.46 bits per heavy atom. The van der Waals surface area contributed by atoms with E-state index in [9.17, 15) is 4.79 Å². The number of aryl methyl sites for hydroxylation is 1. The molecule has 24 heavy (non-hydrogen) atoms. The Morgan fingerprint density at radius 2 is 2.38 bits per heavy atom. The van der Waals surface area contributed by atoms with Crippen molar-refractivity contribution in [2.45, 2.75) is 37.8 Å². The number of anilines is 1. The number of carbonyl (C=O) groups is 1. The van der Waals surface area contributed by atoms with Crippen LogP contribution in [0.5, 0.6) is 0 Å². The van der Waals surface area contributed by atoms with Gasteiger partial charge in [0.15, 0.2) is 11.5 Å². The number of nitrogens with zero attached hydrogens (tertiary/aromatic N) is 1. The van der Waals surface area contributed by atoms with Crippen molar-refractivity contribution in [1.29, 1.82) is 0 Å². The van der Waals surface area contributed by atoms with Crippen LogP contribution in [0.1, 0.15) is 25.2 Å². The van der Waals surface area contributed by atoms with Crippen LogP contribution in [0, 0.1) is 6.92 Å². The summed E-state index contributed by atoms with van der Waals surface area (Å²) < 4.78 is 11.5. The fourth-order valence-electron chi connectivity index (χ4n) is 3.48. The number of aromatic nitrogens is 1. The molecule has 6 nitrogen and oxygen atoms in total. The minimum Gasteiger partial charge on any atom is -0.441 e. The van der Waals surface area contributed by atoms with Gasteiger partial charge in [-0.3, -0.25) is 0 Å². The highest BCUT2D eigenvalue weighted by Gasteiger charge is 2.40. The summed E-state index contributed by atoms with van der Waals surface area (Å²) in [5, 5.41) is 5.97. The van der Waals surface area contributed by atoms with Crippen LogP contribution in [0.15, 0.2) is 22.6 Å². The third-order valence-electron chi connectivity index (χ3n) is 4.65. The van der Waals surface area contributed by atoms with Crippen molar-refractivity contribution in [1.82, 2.24) is 10.3 Å². The Hall–Kier alpha value is -1.73. The first kappa shape index (κ1) is 15.8. The molecule has 7 heteroatoms. The summed E-state index contributed by atoms with van der Waals surface area (Å²) in [5.74, 6) is 2.80. The van der Waals surface area contributed by atoms with E-state index >= 15 is 0 Å². The molecule has 2 unspecified atom stereocenters. The van der Waals surface area contributed by atoms with E-state index in [1.165, 1.54) is 0 Å². The van der Waals surface area contributed by atoms with Crippen LogP contribution in [0.25, 0.3) is 11.1 Å². The normalized spacial score (nSPS) is 26.8. The monoisotopic (exact) mass is 347 g/mol. The third kappa shape index (κ3) is 3.23. The molecule has 2 amide bonds. The van der Waals surface area contributed by atoms with Gasteiger partial charge < -0.3 is 19.8 Å². The minimum absolute atomic E-state index is 0.0306. The molecule has 0 aliphatic carbocycles. The summed E-state index contributed by atoms with van der Waals surface area (Å²) in [6, 6.07) is 5.46. The van der Waals surface area contributed by atoms with Gasteiger partial charge in [0.1, 0.15) is 5.52 Å². The summed E-state index contributed by atoms with van der Waals surface area (Å²) in [5.41, 5.74) is 2.15. The SMILES string of the molecule is Cc1nc2ccc(NC(=O)NC3CCOC4(CCSC4)C3)cc2o1. The topological polar surface area (TPSA) is 76.4 Å². The molecular weight excluding hydrogens is 326 g/mol. The molecule has 2 aromatic rings. The molecule has 2 fully saturated rings. The fourth-order valence-corrected chi connectivity index (χ4v) is 4.86. The lowest BCUT2D eigenvalue weighted by Gasteiger charge is -2.37. The zero-order valence-electron chi connectivity index (χ0n) is 13.6. The zero-order valence-corrected chi connectivity index (χ0v) is 14.4. The maximum atomic E-state index is 12.3. The molecule has 1 spiro atoms. The van der Waals surface area contributed by atoms with E-state index < -0.39 is 0 Å². The lowest BCUT2D eigenvalue weighted by Crippen LogP contribution is -2.49. The molecule has 2 aliphatic heterocycles. The first-order valence-corrected chi connectivity index (χ1v) is 9.44. The van der Waals surface area contributed by atoms with Crippen LogP contribution in [0.2, 0.25) is 0 Å². The summed E-state index contributed by atoms with van der Waals surface area (Å²) in [6.45, 7) is 2.52. The van der Waals surface area contributed by atoms with Gasteiger partial charge in [0.2, 0.25) is 0 Å². The highest BCUT2D eigenvalue weighted by Crippen LogP contribution is 2.38. The van der Waals surface area contributed by atoms with Gasteiger partial charge in [-0.25, -0.2) is 9.78 Å². The number of nitrogens with one attached hydrogen (secondary N) is 2. The molecule has 0 radical (unpaired) electrons. The summed E-state index contributed by atoms with van der Waals surface area (Å²) in [6.07, 6.45) is 2.84. The number of carbonyl (C=O) groups excluding carboxylic acids is 1. The van der Waals surface area contributed by atoms with Gasteiger partial charge in [-0.1, -0.05) is 0 Å². The summed E-state index contributed by atoms with van der Waals surface area (Å²) in [7, 11) is 0. The van der Waals surface area contributed by atoms with Crippen LogP contribution < -0.4 is 10.6 Å². The van der Waals surface area contributed by atoms with Crippen molar-refractivity contribution in [3.63, 3.8) is 0 Å². The Labute approximate surface area is 144 Å². The zero-order chi connectivity index (χ0) is 16.6. The van der Waals surface area contributed by atoms with Gasteiger partial charge in [-0.2, -0.15) is 11.8 Å². The van der Waals surface area contributed by atoms with Gasteiger partial charge in [-0.15, -0.1) is 0 Å². The average molecular weight is 347 g/mol. The van der Waals surface area contributed by atoms with Crippen molar-refractivity contribution < 1.29 is 13.9 Å². The molecule has 1 aromatic heterocycles. The number of ether oxygens (including phenoxy) is 1. The number of hydrogen-bond acceptors (Lipinski definition) is 5. The predicted molar refractivity (Wildman–Crippen MR) is 94.5 cm³/mol. The quantitative estimate of drug-likeness (QED) is 0.871. The molecule has 2 saturated heterocycles. The van der Waals surface area contributed by atoms with Crippen molar-refractivity contribution >= 4 is 34.6 Å². The molecule has 1 aromatic carbocycles. The van der Waals surface area contributed by atoms with E-state index in [4.69, 9.17) is 9.15 Å². The Bertz CT molecular complexity index is 755. The number of hydrogen-bond donors (Lipinski definition) is 2. The number of oxazole rings is 1. The number of fused-ring (bicyclic) bond motifs is 1. The number of urea groups is 1. The standard InChI is InChI=1S/C17H21N3O3S/c1-11-18-14-3-2-12(8-15(14)23-11)19-16(21)20-13-4-6-22-17(9-13)5-7-24-10-17/h2-3,8,13H,4-7,9-10H2,1H3,(H2,19,20,21). The Balaban J connectivity index is 1.38. The smallest absolute Gasteiger partial charge is 0.319 e. The van der Waals surface area contributed by atoms with Gasteiger partial charge >= 0.3 is 6.03 Å². The largest absolute Gasteiger partial charge is 0.441 e. The van der Waals surface area contributed by atoms with E-state index in [1.54, 1.807) is 6.07 Å². The van der Waals surface area contributed by atoms with Crippen LogP contribution in [-0.2, 0) is 4.74 Å². The van der Waals surface area contributed by atoms with E-state index in [0.29, 0.717) is 17.2 Å². The number of amides is 2. The molecule has 0 bridgehead atoms. The number of benzene rings is 1. The Kier molecular flexibility index (Phi) is 4.14. The second kappa shape index (κ2) is 6.29. The van der Waals surface area contributed by atoms with Crippen LogP contribution in [-0.4, -0.2) is 40.8 Å². The second-order valence-corrected chi connectivity index (χ2v) is 7.64.